The van der Waals surface area contributed by atoms with Crippen molar-refractivity contribution >= 4 is 96.4 Å². The average molecular weight is 1160 g/mol. The van der Waals surface area contributed by atoms with Gasteiger partial charge in [-0.3, -0.25) is 14.4 Å². The van der Waals surface area contributed by atoms with Crippen molar-refractivity contribution in [1.82, 2.24) is 14.1 Å². The molecule has 0 spiro atoms. The van der Waals surface area contributed by atoms with Gasteiger partial charge >= 0.3 is 11.9 Å². The highest BCUT2D eigenvalue weighted by Crippen LogP contribution is 2.44. The monoisotopic (exact) mass is 1160 g/mol. The molecule has 394 valence electrons. The fourth-order valence-corrected chi connectivity index (χ4v) is 10.8. The third-order valence-corrected chi connectivity index (χ3v) is 15.5. The second kappa shape index (κ2) is 22.9. The number of carbonyl (C=O) groups excluding carboxylic acids is 1. The molecule has 2 N–H and O–H groups in total. The first-order chi connectivity index (χ1) is 35.1. The highest BCUT2D eigenvalue weighted by Gasteiger charge is 2.35. The molecule has 0 unspecified atom stereocenters. The maximum absolute atomic E-state index is 14.1. The minimum atomic E-state index is -1.07. The van der Waals surface area contributed by atoms with Gasteiger partial charge in [0.15, 0.2) is 5.78 Å². The van der Waals surface area contributed by atoms with Gasteiger partial charge in [-0.25, -0.2) is 4.98 Å². The topological polar surface area (TPSA) is 124 Å². The van der Waals surface area contributed by atoms with Crippen LogP contribution in [-0.2, 0) is 42.1 Å². The summed E-state index contributed by atoms with van der Waals surface area (Å²) in [7, 11) is 0. The van der Waals surface area contributed by atoms with Gasteiger partial charge in [0.05, 0.1) is 22.0 Å². The van der Waals surface area contributed by atoms with E-state index in [2.05, 4.69) is 109 Å². The van der Waals surface area contributed by atoms with Crippen LogP contribution in [0.2, 0.25) is 5.02 Å². The standard InChI is InChI=1S/C36H37IN2O4.C27H34ClNO2S/c1-35(2,3)20-32(40)33-28-18-27(43-22-26-15-12-24-8-6-7-9-29(24)38-26)16-17-30(28)39(21-23-10-13-25(37)14-11-23)31(33)19-36(4,5)34(41)42;1-17(2)19-10-13-22-21(14-19)24(32-26(3,4)5)23(15-27(6,7)25(30)31)29(22)16-18-8-11-20(28)12-9-18/h6-18H,19-22H2,1-5H3,(H,41,42);8-14,17H,15-16H2,1-7H3,(H,30,31). The molecule has 8 aromatic rings. The smallest absolute Gasteiger partial charge is 0.309 e. The van der Waals surface area contributed by atoms with Gasteiger partial charge in [-0.2, -0.15) is 0 Å². The second-order valence-electron chi connectivity index (χ2n) is 23.5. The van der Waals surface area contributed by atoms with E-state index in [0.717, 1.165) is 59.1 Å². The summed E-state index contributed by atoms with van der Waals surface area (Å²) in [4.78, 5) is 44.3. The molecule has 0 saturated heterocycles. The van der Waals surface area contributed by atoms with Crippen LogP contribution in [0.1, 0.15) is 140 Å². The van der Waals surface area contributed by atoms with Gasteiger partial charge < -0.3 is 24.1 Å². The highest BCUT2D eigenvalue weighted by molar-refractivity contribution is 14.1. The Balaban J connectivity index is 0.000000229. The molecule has 12 heteroatoms. The van der Waals surface area contributed by atoms with E-state index in [1.54, 1.807) is 13.8 Å². The second-order valence-corrected chi connectivity index (χ2v) is 27.0. The minimum Gasteiger partial charge on any atom is -0.487 e. The van der Waals surface area contributed by atoms with Crippen LogP contribution >= 0.6 is 46.0 Å². The molecule has 0 radical (unpaired) electrons. The Labute approximate surface area is 465 Å². The summed E-state index contributed by atoms with van der Waals surface area (Å²) < 4.78 is 11.8. The van der Waals surface area contributed by atoms with Gasteiger partial charge in [0.25, 0.3) is 0 Å². The lowest BCUT2D eigenvalue weighted by Gasteiger charge is -2.24. The van der Waals surface area contributed by atoms with Crippen LogP contribution in [0.25, 0.3) is 32.7 Å². The molecule has 3 heterocycles. The van der Waals surface area contributed by atoms with Gasteiger partial charge in [0.2, 0.25) is 0 Å². The predicted octanol–water partition coefficient (Wildman–Crippen LogP) is 16.7. The van der Waals surface area contributed by atoms with Crippen molar-refractivity contribution in [2.75, 3.05) is 0 Å². The van der Waals surface area contributed by atoms with E-state index < -0.39 is 22.8 Å². The lowest BCUT2D eigenvalue weighted by Crippen LogP contribution is -2.28. The Morgan fingerprint density at radius 2 is 1.24 bits per heavy atom. The number of ether oxygens (including phenoxy) is 1. The first-order valence-electron chi connectivity index (χ1n) is 25.5. The molecule has 0 saturated carbocycles. The average Bonchev–Trinajstić information content (AvgIpc) is 3.76. The number of ketones is 1. The van der Waals surface area contributed by atoms with E-state index in [1.807, 2.05) is 125 Å². The number of fused-ring (bicyclic) bond motifs is 3. The number of pyridine rings is 1. The van der Waals surface area contributed by atoms with Crippen LogP contribution in [0, 0.1) is 19.8 Å². The summed E-state index contributed by atoms with van der Waals surface area (Å²) in [6, 6.07) is 40.6. The molecule has 0 fully saturated rings. The minimum absolute atomic E-state index is 0.00314. The largest absolute Gasteiger partial charge is 0.487 e. The Morgan fingerprint density at radius 3 is 1.83 bits per heavy atom. The Kier molecular flexibility index (Phi) is 17.4. The van der Waals surface area contributed by atoms with E-state index in [9.17, 15) is 24.6 Å². The summed E-state index contributed by atoms with van der Waals surface area (Å²) in [6.07, 6.45) is 1.01. The zero-order chi connectivity index (χ0) is 54.8. The maximum atomic E-state index is 14.1. The summed E-state index contributed by atoms with van der Waals surface area (Å²) in [5.41, 5.74) is 7.47. The molecule has 5 aromatic carbocycles. The molecule has 9 nitrogen and oxygen atoms in total. The summed E-state index contributed by atoms with van der Waals surface area (Å²) in [5.74, 6) is -0.633. The van der Waals surface area contributed by atoms with Crippen LogP contribution in [0.5, 0.6) is 5.75 Å². The van der Waals surface area contributed by atoms with Crippen molar-refractivity contribution in [2.45, 2.75) is 138 Å². The van der Waals surface area contributed by atoms with E-state index in [4.69, 9.17) is 21.3 Å². The number of carboxylic acids is 2. The lowest BCUT2D eigenvalue weighted by molar-refractivity contribution is -0.147. The van der Waals surface area contributed by atoms with Gasteiger partial charge in [-0.05, 0) is 145 Å². The lowest BCUT2D eigenvalue weighted by atomic mass is 9.83. The third kappa shape index (κ3) is 14.3. The molecule has 3 aromatic heterocycles. The van der Waals surface area contributed by atoms with Gasteiger partial charge in [-0.1, -0.05) is 122 Å². The number of hydrogen-bond acceptors (Lipinski definition) is 6. The SMILES string of the molecule is CC(C)(C)CC(=O)c1c(CC(C)(C)C(=O)O)n(Cc2ccc(I)cc2)c2ccc(OCc3ccc4ccccc4n3)cc12.CC(C)c1ccc2c(c1)c(SC(C)(C)C)c(CC(C)(C)C(=O)O)n2Cc1ccc(Cl)cc1. The fraction of sp³-hybridized carbons (Fsp3) is 0.365. The van der Waals surface area contributed by atoms with Crippen LogP contribution in [0.4, 0.5) is 0 Å². The Morgan fingerprint density at radius 1 is 0.680 bits per heavy atom. The molecule has 0 aliphatic rings. The number of thioether (sulfide) groups is 1. The molecule has 75 heavy (non-hydrogen) atoms. The predicted molar refractivity (Wildman–Crippen MR) is 317 cm³/mol. The first-order valence-corrected chi connectivity index (χ1v) is 27.8. The maximum Gasteiger partial charge on any atom is 0.309 e. The zero-order valence-electron chi connectivity index (χ0n) is 45.4. The van der Waals surface area contributed by atoms with E-state index in [-0.39, 0.29) is 29.0 Å². The summed E-state index contributed by atoms with van der Waals surface area (Å²) in [6.45, 7) is 25.7. The number of nitrogens with zero attached hydrogens (tertiary/aromatic N) is 3. The number of aromatic nitrogens is 3. The summed E-state index contributed by atoms with van der Waals surface area (Å²) >= 11 is 10.2. The van der Waals surface area contributed by atoms with Crippen molar-refractivity contribution in [1.29, 1.82) is 0 Å². The van der Waals surface area contributed by atoms with E-state index >= 15 is 0 Å². The Hall–Kier alpha value is -5.63. The number of aliphatic carboxylic acids is 2. The number of rotatable bonds is 17. The van der Waals surface area contributed by atoms with Crippen LogP contribution in [0.3, 0.4) is 0 Å². The molecule has 8 rings (SSSR count). The quantitative estimate of drug-likeness (QED) is 0.0525. The van der Waals surface area contributed by atoms with Crippen molar-refractivity contribution in [3.63, 3.8) is 0 Å². The van der Waals surface area contributed by atoms with Crippen molar-refractivity contribution < 1.29 is 29.3 Å². The normalized spacial score (nSPS) is 12.4. The van der Waals surface area contributed by atoms with E-state index in [0.29, 0.717) is 48.2 Å². The molecule has 0 aliphatic carbocycles. The fourth-order valence-electron chi connectivity index (χ4n) is 9.13. The number of carboxylic acid groups (broad SMARTS) is 2. The number of benzene rings is 5. The van der Waals surface area contributed by atoms with Crippen LogP contribution in [0.15, 0.2) is 126 Å². The molecule has 0 aliphatic heterocycles. The molecule has 0 amide bonds. The number of hydrogen-bond donors (Lipinski definition) is 2. The number of para-hydroxylation sites is 1. The molecule has 0 atom stereocenters. The van der Waals surface area contributed by atoms with Gasteiger partial charge in [0, 0.05) is 94.7 Å². The highest BCUT2D eigenvalue weighted by atomic mass is 127. The molecular weight excluding hydrogens is 1090 g/mol. The third-order valence-electron chi connectivity index (χ3n) is 13.3. The number of carbonyl (C=O) groups is 3. The van der Waals surface area contributed by atoms with E-state index in [1.165, 1.54) is 15.8 Å². The summed E-state index contributed by atoms with van der Waals surface area (Å²) in [5, 5.41) is 23.7. The van der Waals surface area contributed by atoms with Crippen molar-refractivity contribution in [3.05, 3.63) is 169 Å². The van der Waals surface area contributed by atoms with Crippen LogP contribution in [-0.4, -0.2) is 46.8 Å². The van der Waals surface area contributed by atoms with Crippen LogP contribution < -0.4 is 4.74 Å². The van der Waals surface area contributed by atoms with Gasteiger partial charge in [0.1, 0.15) is 12.4 Å². The van der Waals surface area contributed by atoms with Crippen molar-refractivity contribution in [2.24, 2.45) is 16.2 Å². The van der Waals surface area contributed by atoms with Crippen molar-refractivity contribution in [3.8, 4) is 5.75 Å². The number of Topliss-reactive ketones (excluding diaryl/α,β-unsaturated/α-hetero) is 1. The number of halogens is 2. The molecular formula is C63H71ClIN3O6S. The zero-order valence-corrected chi connectivity index (χ0v) is 49.1. The molecule has 0 bridgehead atoms. The Bertz CT molecular complexity index is 3380. The first kappa shape index (κ1) is 57.1. The van der Waals surface area contributed by atoms with Gasteiger partial charge in [-0.15, -0.1) is 11.8 Å².